The first-order chi connectivity index (χ1) is 13.8. The van der Waals surface area contributed by atoms with Gasteiger partial charge in [-0.25, -0.2) is 9.78 Å². The lowest BCUT2D eigenvalue weighted by Crippen LogP contribution is -2.21. The molecule has 0 aromatic carbocycles. The van der Waals surface area contributed by atoms with Crippen LogP contribution in [0.3, 0.4) is 0 Å². The molecule has 0 radical (unpaired) electrons. The van der Waals surface area contributed by atoms with Crippen LogP contribution in [-0.4, -0.2) is 38.9 Å². The first-order valence-electron chi connectivity index (χ1n) is 9.48. The van der Waals surface area contributed by atoms with Gasteiger partial charge in [-0.05, 0) is 49.1 Å². The average Bonchev–Trinajstić information content (AvgIpc) is 3.40. The van der Waals surface area contributed by atoms with E-state index in [0.717, 1.165) is 31.9 Å². The molecule has 2 amide bonds. The van der Waals surface area contributed by atoms with Crippen LogP contribution in [0.15, 0.2) is 55.1 Å². The van der Waals surface area contributed by atoms with Crippen molar-refractivity contribution in [2.24, 2.45) is 0 Å². The molecule has 4 rings (SSSR count). The molecule has 0 atom stereocenters. The molecule has 1 fully saturated rings. The second-order valence-electron chi connectivity index (χ2n) is 6.75. The van der Waals surface area contributed by atoms with E-state index in [0.29, 0.717) is 11.5 Å². The van der Waals surface area contributed by atoms with E-state index in [1.165, 1.54) is 18.4 Å². The minimum Gasteiger partial charge on any atom is -0.357 e. The first kappa shape index (κ1) is 18.0. The Morgan fingerprint density at radius 3 is 2.61 bits per heavy atom. The van der Waals surface area contributed by atoms with Crippen molar-refractivity contribution in [2.75, 3.05) is 28.6 Å². The summed E-state index contributed by atoms with van der Waals surface area (Å²) in [5.74, 6) is 1.46. The van der Waals surface area contributed by atoms with E-state index in [1.54, 1.807) is 24.7 Å². The number of urea groups is 1. The number of pyridine rings is 2. The third kappa shape index (κ3) is 4.64. The predicted molar refractivity (Wildman–Crippen MR) is 108 cm³/mol. The molecule has 1 aliphatic heterocycles. The van der Waals surface area contributed by atoms with Crippen molar-refractivity contribution < 1.29 is 4.79 Å². The number of nitrogens with zero attached hydrogens (tertiary/aromatic N) is 5. The van der Waals surface area contributed by atoms with Gasteiger partial charge in [0.25, 0.3) is 0 Å². The van der Waals surface area contributed by atoms with Crippen molar-refractivity contribution in [2.45, 2.75) is 25.8 Å². The summed E-state index contributed by atoms with van der Waals surface area (Å²) in [6.45, 7) is 2.82. The quantitative estimate of drug-likeness (QED) is 0.689. The van der Waals surface area contributed by atoms with E-state index in [9.17, 15) is 4.79 Å². The molecular formula is C20H23N7O. The zero-order chi connectivity index (χ0) is 19.2. The van der Waals surface area contributed by atoms with Gasteiger partial charge in [0.1, 0.15) is 5.82 Å². The standard InChI is InChI=1S/C20H23N7O/c28-20(23-17-3-4-19(22-15-17)26-11-1-2-12-26)24-18-8-14-27(25-18)13-7-16-5-9-21-10-6-16/h3-6,8-10,14-15H,1-2,7,11-13H2,(H2,23,24,25,28). The molecule has 0 aliphatic carbocycles. The molecule has 8 heteroatoms. The van der Waals surface area contributed by atoms with Crippen LogP contribution >= 0.6 is 0 Å². The lowest BCUT2D eigenvalue weighted by molar-refractivity contribution is 0.262. The highest BCUT2D eigenvalue weighted by atomic mass is 16.2. The third-order valence-electron chi connectivity index (χ3n) is 4.70. The maximum atomic E-state index is 12.2. The maximum Gasteiger partial charge on any atom is 0.324 e. The fourth-order valence-corrected chi connectivity index (χ4v) is 3.22. The summed E-state index contributed by atoms with van der Waals surface area (Å²) in [4.78, 5) is 22.9. The Bertz CT molecular complexity index is 902. The van der Waals surface area contributed by atoms with E-state index < -0.39 is 0 Å². The molecule has 0 saturated carbocycles. The molecule has 3 aromatic heterocycles. The van der Waals surface area contributed by atoms with Gasteiger partial charge in [-0.3, -0.25) is 15.0 Å². The van der Waals surface area contributed by atoms with Crippen LogP contribution in [0.4, 0.5) is 22.1 Å². The van der Waals surface area contributed by atoms with Crippen LogP contribution in [0.2, 0.25) is 0 Å². The third-order valence-corrected chi connectivity index (χ3v) is 4.70. The fraction of sp³-hybridized carbons (Fsp3) is 0.300. The molecule has 0 spiro atoms. The van der Waals surface area contributed by atoms with Crippen molar-refractivity contribution in [3.63, 3.8) is 0 Å². The lowest BCUT2D eigenvalue weighted by atomic mass is 10.2. The molecule has 28 heavy (non-hydrogen) atoms. The Morgan fingerprint density at radius 2 is 1.86 bits per heavy atom. The van der Waals surface area contributed by atoms with E-state index in [2.05, 4.69) is 30.6 Å². The smallest absolute Gasteiger partial charge is 0.324 e. The topological polar surface area (TPSA) is 88.0 Å². The van der Waals surface area contributed by atoms with Gasteiger partial charge in [0.2, 0.25) is 0 Å². The van der Waals surface area contributed by atoms with Crippen LogP contribution in [0.1, 0.15) is 18.4 Å². The van der Waals surface area contributed by atoms with Crippen LogP contribution in [0, 0.1) is 0 Å². The molecule has 0 unspecified atom stereocenters. The Morgan fingerprint density at radius 1 is 1.04 bits per heavy atom. The molecular weight excluding hydrogens is 354 g/mol. The Hall–Kier alpha value is -3.42. The number of anilines is 3. The van der Waals surface area contributed by atoms with Crippen molar-refractivity contribution in [1.82, 2.24) is 19.7 Å². The number of amides is 2. The zero-order valence-corrected chi connectivity index (χ0v) is 15.6. The summed E-state index contributed by atoms with van der Waals surface area (Å²) in [7, 11) is 0. The number of carbonyl (C=O) groups excluding carboxylic acids is 1. The van der Waals surface area contributed by atoms with E-state index in [1.807, 2.05) is 35.1 Å². The van der Waals surface area contributed by atoms with Gasteiger partial charge >= 0.3 is 6.03 Å². The number of carbonyl (C=O) groups is 1. The molecule has 0 bridgehead atoms. The Balaban J connectivity index is 1.27. The SMILES string of the molecule is O=C(Nc1ccc(N2CCCC2)nc1)Nc1ccn(CCc2ccncc2)n1. The lowest BCUT2D eigenvalue weighted by Gasteiger charge is -2.16. The largest absolute Gasteiger partial charge is 0.357 e. The number of aromatic nitrogens is 4. The normalized spacial score (nSPS) is 13.5. The van der Waals surface area contributed by atoms with Gasteiger partial charge in [-0.2, -0.15) is 5.10 Å². The molecule has 1 aliphatic rings. The Kier molecular flexibility index (Phi) is 5.46. The predicted octanol–water partition coefficient (Wildman–Crippen LogP) is 3.16. The molecule has 2 N–H and O–H groups in total. The van der Waals surface area contributed by atoms with Gasteiger partial charge in [0.05, 0.1) is 11.9 Å². The van der Waals surface area contributed by atoms with E-state index >= 15 is 0 Å². The second-order valence-corrected chi connectivity index (χ2v) is 6.75. The van der Waals surface area contributed by atoms with Crippen LogP contribution in [0.5, 0.6) is 0 Å². The summed E-state index contributed by atoms with van der Waals surface area (Å²) in [5.41, 5.74) is 1.85. The second kappa shape index (κ2) is 8.51. The van der Waals surface area contributed by atoms with Gasteiger partial charge in [-0.15, -0.1) is 0 Å². The minimum absolute atomic E-state index is 0.338. The monoisotopic (exact) mass is 377 g/mol. The van der Waals surface area contributed by atoms with Crippen molar-refractivity contribution in [3.05, 3.63) is 60.7 Å². The van der Waals surface area contributed by atoms with Crippen molar-refractivity contribution >= 4 is 23.4 Å². The summed E-state index contributed by atoms with van der Waals surface area (Å²) >= 11 is 0. The highest BCUT2D eigenvalue weighted by Crippen LogP contribution is 2.19. The van der Waals surface area contributed by atoms with E-state index in [-0.39, 0.29) is 6.03 Å². The van der Waals surface area contributed by atoms with Crippen molar-refractivity contribution in [1.29, 1.82) is 0 Å². The summed E-state index contributed by atoms with van der Waals surface area (Å²) in [5, 5.41) is 9.92. The first-order valence-corrected chi connectivity index (χ1v) is 9.48. The number of hydrogen-bond acceptors (Lipinski definition) is 5. The average molecular weight is 377 g/mol. The Labute approximate surface area is 163 Å². The maximum absolute atomic E-state index is 12.2. The van der Waals surface area contributed by atoms with Gasteiger partial charge in [0, 0.05) is 44.3 Å². The molecule has 1 saturated heterocycles. The fourth-order valence-electron chi connectivity index (χ4n) is 3.22. The summed E-state index contributed by atoms with van der Waals surface area (Å²) < 4.78 is 1.81. The highest BCUT2D eigenvalue weighted by Gasteiger charge is 2.13. The van der Waals surface area contributed by atoms with Crippen LogP contribution in [-0.2, 0) is 13.0 Å². The number of hydrogen-bond donors (Lipinski definition) is 2. The zero-order valence-electron chi connectivity index (χ0n) is 15.6. The molecule has 144 valence electrons. The highest BCUT2D eigenvalue weighted by molar-refractivity contribution is 5.99. The molecule has 8 nitrogen and oxygen atoms in total. The van der Waals surface area contributed by atoms with Crippen molar-refractivity contribution in [3.8, 4) is 0 Å². The number of aryl methyl sites for hydroxylation is 2. The summed E-state index contributed by atoms with van der Waals surface area (Å²) in [6, 6.07) is 9.22. The number of nitrogens with one attached hydrogen (secondary N) is 2. The number of rotatable bonds is 6. The minimum atomic E-state index is -0.338. The van der Waals surface area contributed by atoms with Gasteiger partial charge in [0.15, 0.2) is 5.82 Å². The van der Waals surface area contributed by atoms with Crippen LogP contribution in [0.25, 0.3) is 0 Å². The summed E-state index contributed by atoms with van der Waals surface area (Å²) in [6.07, 6.45) is 10.4. The van der Waals surface area contributed by atoms with Gasteiger partial charge in [-0.1, -0.05) is 0 Å². The molecule has 4 heterocycles. The van der Waals surface area contributed by atoms with Gasteiger partial charge < -0.3 is 10.2 Å². The molecule has 3 aromatic rings. The van der Waals surface area contributed by atoms with E-state index in [4.69, 9.17) is 0 Å². The van der Waals surface area contributed by atoms with Crippen LogP contribution < -0.4 is 15.5 Å².